The standard InChI is InChI=1S/C26H24BrClN2O3S/c1-15-22(25(32)33-26(2,3)4)23(17-7-11-19(28)12-8-17)20(13-29)24(30-15)34-14-21(31)16-5-9-18(27)10-6-16/h5-12,23,30H,14H2,1-4H3/t23-/m1/s1. The summed E-state index contributed by atoms with van der Waals surface area (Å²) >= 11 is 10.7. The molecule has 8 heteroatoms. The molecular weight excluding hydrogens is 536 g/mol. The van der Waals surface area contributed by atoms with Gasteiger partial charge in [-0.3, -0.25) is 4.79 Å². The molecule has 34 heavy (non-hydrogen) atoms. The number of carbonyl (C=O) groups is 2. The summed E-state index contributed by atoms with van der Waals surface area (Å²) in [7, 11) is 0. The van der Waals surface area contributed by atoms with Crippen LogP contribution in [0.5, 0.6) is 0 Å². The number of ether oxygens (including phenoxy) is 1. The predicted molar refractivity (Wildman–Crippen MR) is 139 cm³/mol. The number of esters is 1. The van der Waals surface area contributed by atoms with Crippen molar-refractivity contribution in [2.75, 3.05) is 5.75 Å². The van der Waals surface area contributed by atoms with Crippen molar-refractivity contribution in [3.8, 4) is 6.07 Å². The largest absolute Gasteiger partial charge is 0.457 e. The van der Waals surface area contributed by atoms with Gasteiger partial charge in [-0.1, -0.05) is 63.6 Å². The number of allylic oxidation sites excluding steroid dienone is 2. The van der Waals surface area contributed by atoms with E-state index in [2.05, 4.69) is 27.3 Å². The second kappa shape index (κ2) is 10.8. The third kappa shape index (κ3) is 6.32. The van der Waals surface area contributed by atoms with Crippen molar-refractivity contribution in [3.05, 3.63) is 91.0 Å². The third-order valence-corrected chi connectivity index (χ3v) is 6.78. The van der Waals surface area contributed by atoms with Crippen LogP contribution >= 0.6 is 39.3 Å². The normalized spacial score (nSPS) is 16.1. The van der Waals surface area contributed by atoms with E-state index < -0.39 is 17.5 Å². The molecule has 1 aliphatic rings. The lowest BCUT2D eigenvalue weighted by molar-refractivity contribution is -0.150. The van der Waals surface area contributed by atoms with Crippen molar-refractivity contribution in [3.63, 3.8) is 0 Å². The van der Waals surface area contributed by atoms with Gasteiger partial charge in [0.1, 0.15) is 5.60 Å². The highest BCUT2D eigenvalue weighted by molar-refractivity contribution is 9.10. The number of hydrogen-bond donors (Lipinski definition) is 1. The molecule has 176 valence electrons. The maximum Gasteiger partial charge on any atom is 0.337 e. The number of nitrogens with one attached hydrogen (secondary N) is 1. The number of nitrogens with zero attached hydrogens (tertiary/aromatic N) is 1. The maximum absolute atomic E-state index is 13.2. The average Bonchev–Trinajstić information content (AvgIpc) is 2.76. The highest BCUT2D eigenvalue weighted by Crippen LogP contribution is 2.41. The fourth-order valence-electron chi connectivity index (χ4n) is 3.48. The molecule has 0 bridgehead atoms. The van der Waals surface area contributed by atoms with Crippen molar-refractivity contribution in [2.24, 2.45) is 0 Å². The zero-order valence-electron chi connectivity index (χ0n) is 19.2. The van der Waals surface area contributed by atoms with Crippen LogP contribution < -0.4 is 5.32 Å². The first kappa shape index (κ1) is 26.1. The second-order valence-electron chi connectivity index (χ2n) is 8.72. The lowest BCUT2D eigenvalue weighted by atomic mass is 9.82. The van der Waals surface area contributed by atoms with Crippen LogP contribution in [0.3, 0.4) is 0 Å². The smallest absolute Gasteiger partial charge is 0.337 e. The van der Waals surface area contributed by atoms with E-state index >= 15 is 0 Å². The molecule has 0 fully saturated rings. The summed E-state index contributed by atoms with van der Waals surface area (Å²) in [6.45, 7) is 7.16. The third-order valence-electron chi connectivity index (χ3n) is 4.98. The number of halogens is 2. The molecule has 5 nitrogen and oxygen atoms in total. The van der Waals surface area contributed by atoms with Gasteiger partial charge in [0.15, 0.2) is 5.78 Å². The Morgan fingerprint density at radius 3 is 2.32 bits per heavy atom. The van der Waals surface area contributed by atoms with Crippen LogP contribution in [0.1, 0.15) is 49.5 Å². The molecule has 1 atom stereocenters. The molecule has 0 unspecified atom stereocenters. The van der Waals surface area contributed by atoms with Crippen LogP contribution in [0.25, 0.3) is 0 Å². The van der Waals surface area contributed by atoms with Crippen LogP contribution in [-0.4, -0.2) is 23.1 Å². The van der Waals surface area contributed by atoms with Gasteiger partial charge in [0.2, 0.25) is 0 Å². The Morgan fingerprint density at radius 2 is 1.76 bits per heavy atom. The molecule has 1 N–H and O–H groups in total. The molecular formula is C26H24BrClN2O3S. The number of dihydropyridines is 1. The lowest BCUT2D eigenvalue weighted by Gasteiger charge is -2.31. The number of Topliss-reactive ketones (excluding diaryl/α,β-unsaturated/α-hetero) is 1. The minimum Gasteiger partial charge on any atom is -0.457 e. The van der Waals surface area contributed by atoms with Gasteiger partial charge in [-0.15, -0.1) is 0 Å². The van der Waals surface area contributed by atoms with Crippen LogP contribution in [0.2, 0.25) is 5.02 Å². The Kier molecular flexibility index (Phi) is 8.29. The summed E-state index contributed by atoms with van der Waals surface area (Å²) in [6, 6.07) is 16.4. The fourth-order valence-corrected chi connectivity index (χ4v) is 4.85. The van der Waals surface area contributed by atoms with Gasteiger partial charge in [-0.05, 0) is 57.5 Å². The van der Waals surface area contributed by atoms with Crippen molar-refractivity contribution in [2.45, 2.75) is 39.2 Å². The van der Waals surface area contributed by atoms with E-state index in [1.54, 1.807) is 64.1 Å². The Bertz CT molecular complexity index is 1210. The molecule has 2 aromatic carbocycles. The van der Waals surface area contributed by atoms with E-state index in [0.29, 0.717) is 32.5 Å². The number of benzene rings is 2. The van der Waals surface area contributed by atoms with E-state index in [0.717, 1.165) is 10.0 Å². The second-order valence-corrected chi connectivity index (χ2v) is 11.1. The topological polar surface area (TPSA) is 79.2 Å². The van der Waals surface area contributed by atoms with Gasteiger partial charge in [0.25, 0.3) is 0 Å². The van der Waals surface area contributed by atoms with Gasteiger partial charge in [-0.25, -0.2) is 4.79 Å². The minimum absolute atomic E-state index is 0.0632. The molecule has 0 aliphatic carbocycles. The molecule has 0 aromatic heterocycles. The summed E-state index contributed by atoms with van der Waals surface area (Å²) in [6.07, 6.45) is 0. The summed E-state index contributed by atoms with van der Waals surface area (Å²) in [5.41, 5.74) is 1.91. The summed E-state index contributed by atoms with van der Waals surface area (Å²) in [4.78, 5) is 25.9. The van der Waals surface area contributed by atoms with Gasteiger partial charge >= 0.3 is 5.97 Å². The molecule has 0 amide bonds. The number of ketones is 1. The summed E-state index contributed by atoms with van der Waals surface area (Å²) in [5.74, 6) is -1.08. The van der Waals surface area contributed by atoms with Crippen molar-refractivity contribution >= 4 is 51.0 Å². The Morgan fingerprint density at radius 1 is 1.15 bits per heavy atom. The Hall–Kier alpha value is -2.53. The quantitative estimate of drug-likeness (QED) is 0.311. The highest BCUT2D eigenvalue weighted by atomic mass is 79.9. The fraction of sp³-hybridized carbons (Fsp3) is 0.269. The minimum atomic E-state index is -0.697. The molecule has 1 aliphatic heterocycles. The van der Waals surface area contributed by atoms with Crippen LogP contribution in [0.15, 0.2) is 74.9 Å². The van der Waals surface area contributed by atoms with Crippen molar-refractivity contribution in [1.29, 1.82) is 5.26 Å². The van der Waals surface area contributed by atoms with E-state index in [9.17, 15) is 14.9 Å². The lowest BCUT2D eigenvalue weighted by Crippen LogP contribution is -2.32. The van der Waals surface area contributed by atoms with E-state index in [1.165, 1.54) is 11.8 Å². The summed E-state index contributed by atoms with van der Waals surface area (Å²) < 4.78 is 6.55. The summed E-state index contributed by atoms with van der Waals surface area (Å²) in [5, 5.41) is 14.4. The predicted octanol–water partition coefficient (Wildman–Crippen LogP) is 6.76. The number of thioether (sulfide) groups is 1. The molecule has 2 aromatic rings. The molecule has 0 radical (unpaired) electrons. The molecule has 0 saturated heterocycles. The Balaban J connectivity index is 1.98. The highest BCUT2D eigenvalue weighted by Gasteiger charge is 2.37. The molecule has 3 rings (SSSR count). The zero-order chi connectivity index (χ0) is 25.0. The molecule has 0 saturated carbocycles. The monoisotopic (exact) mass is 558 g/mol. The van der Waals surface area contributed by atoms with E-state index in [4.69, 9.17) is 16.3 Å². The zero-order valence-corrected chi connectivity index (χ0v) is 22.4. The van der Waals surface area contributed by atoms with Gasteiger partial charge < -0.3 is 10.1 Å². The first-order valence-corrected chi connectivity index (χ1v) is 12.7. The van der Waals surface area contributed by atoms with Gasteiger partial charge in [-0.2, -0.15) is 5.26 Å². The number of nitriles is 1. The maximum atomic E-state index is 13.2. The molecule has 0 spiro atoms. The van der Waals surface area contributed by atoms with Crippen LogP contribution in [0, 0.1) is 11.3 Å². The van der Waals surface area contributed by atoms with Gasteiger partial charge in [0, 0.05) is 20.8 Å². The van der Waals surface area contributed by atoms with Gasteiger partial charge in [0.05, 0.1) is 33.9 Å². The van der Waals surface area contributed by atoms with E-state index in [1.807, 2.05) is 12.1 Å². The molecule has 1 heterocycles. The SMILES string of the molecule is CC1=C(C(=O)OC(C)(C)C)[C@H](c2ccc(Cl)cc2)C(C#N)=C(SCC(=O)c2ccc(Br)cc2)N1. The Labute approximate surface area is 217 Å². The first-order valence-electron chi connectivity index (χ1n) is 10.5. The van der Waals surface area contributed by atoms with Crippen LogP contribution in [-0.2, 0) is 9.53 Å². The van der Waals surface area contributed by atoms with Crippen molar-refractivity contribution in [1.82, 2.24) is 5.32 Å². The average molecular weight is 560 g/mol. The number of carbonyl (C=O) groups excluding carboxylic acids is 2. The van der Waals surface area contributed by atoms with Crippen LogP contribution in [0.4, 0.5) is 0 Å². The van der Waals surface area contributed by atoms with Crippen molar-refractivity contribution < 1.29 is 14.3 Å². The van der Waals surface area contributed by atoms with E-state index in [-0.39, 0.29) is 11.5 Å². The first-order chi connectivity index (χ1) is 16.0. The number of hydrogen-bond acceptors (Lipinski definition) is 6. The number of rotatable bonds is 6.